The van der Waals surface area contributed by atoms with Crippen LogP contribution in [-0.4, -0.2) is 66.9 Å². The number of ether oxygens (including phenoxy) is 3. The lowest BCUT2D eigenvalue weighted by molar-refractivity contribution is 0.0275. The summed E-state index contributed by atoms with van der Waals surface area (Å²) in [5, 5.41) is 11.4. The maximum atomic E-state index is 12.4. The van der Waals surface area contributed by atoms with E-state index in [4.69, 9.17) is 14.2 Å². The van der Waals surface area contributed by atoms with Crippen molar-refractivity contribution in [1.82, 2.24) is 24.3 Å². The highest BCUT2D eigenvalue weighted by atomic mass is 16.6. The molecule has 0 bridgehead atoms. The van der Waals surface area contributed by atoms with E-state index >= 15 is 0 Å². The molecular weight excluding hydrogens is 464 g/mol. The summed E-state index contributed by atoms with van der Waals surface area (Å²) >= 11 is 0. The third-order valence-electron chi connectivity index (χ3n) is 5.36. The standard InChI is InChI=1S/C25H34N6O5/c1-24(2,3)35-22(32)27-20-13-17-12-16(8-11-31(17)28-20)21-19(14-26-29(21)7)34-18-9-10-30(15-18)23(33)36-25(4,5)6/h8,11-14,18H,9-10,15H2,1-7H3,(H,27,28,32). The number of pyridine rings is 1. The molecule has 3 aromatic heterocycles. The minimum atomic E-state index is -0.602. The number of carbonyl (C=O) groups is 2. The molecule has 1 fully saturated rings. The van der Waals surface area contributed by atoms with Gasteiger partial charge in [0, 0.05) is 37.8 Å². The molecule has 0 aromatic carbocycles. The van der Waals surface area contributed by atoms with Crippen LogP contribution in [0.25, 0.3) is 16.8 Å². The van der Waals surface area contributed by atoms with Crippen molar-refractivity contribution in [1.29, 1.82) is 0 Å². The Morgan fingerprint density at radius 3 is 2.50 bits per heavy atom. The Bertz CT molecular complexity index is 1270. The largest absolute Gasteiger partial charge is 0.485 e. The Hall–Kier alpha value is -3.76. The summed E-state index contributed by atoms with van der Waals surface area (Å²) in [5.41, 5.74) is 1.32. The second-order valence-corrected chi connectivity index (χ2v) is 10.9. The van der Waals surface area contributed by atoms with Crippen LogP contribution in [0.3, 0.4) is 0 Å². The van der Waals surface area contributed by atoms with E-state index in [1.54, 1.807) is 47.1 Å². The predicted molar refractivity (Wildman–Crippen MR) is 134 cm³/mol. The van der Waals surface area contributed by atoms with E-state index < -0.39 is 17.3 Å². The zero-order valence-corrected chi connectivity index (χ0v) is 21.9. The Morgan fingerprint density at radius 1 is 1.08 bits per heavy atom. The van der Waals surface area contributed by atoms with Crippen LogP contribution in [0.1, 0.15) is 48.0 Å². The molecule has 11 nitrogen and oxygen atoms in total. The Balaban J connectivity index is 1.48. The van der Waals surface area contributed by atoms with Crippen molar-refractivity contribution >= 4 is 23.5 Å². The van der Waals surface area contributed by atoms with Gasteiger partial charge in [-0.1, -0.05) is 0 Å². The highest BCUT2D eigenvalue weighted by molar-refractivity contribution is 5.85. The van der Waals surface area contributed by atoms with Gasteiger partial charge in [0.25, 0.3) is 0 Å². The van der Waals surface area contributed by atoms with Gasteiger partial charge in [-0.2, -0.15) is 5.10 Å². The highest BCUT2D eigenvalue weighted by Gasteiger charge is 2.31. The number of fused-ring (bicyclic) bond motifs is 1. The second-order valence-electron chi connectivity index (χ2n) is 10.9. The van der Waals surface area contributed by atoms with E-state index in [0.717, 1.165) is 16.8 Å². The molecule has 1 atom stereocenters. The maximum Gasteiger partial charge on any atom is 0.413 e. The van der Waals surface area contributed by atoms with Gasteiger partial charge in [0.15, 0.2) is 11.6 Å². The quantitative estimate of drug-likeness (QED) is 0.565. The van der Waals surface area contributed by atoms with Crippen molar-refractivity contribution in [2.75, 3.05) is 18.4 Å². The first kappa shape index (κ1) is 25.3. The fraction of sp³-hybridized carbons (Fsp3) is 0.520. The smallest absolute Gasteiger partial charge is 0.413 e. The Labute approximate surface area is 210 Å². The summed E-state index contributed by atoms with van der Waals surface area (Å²) in [4.78, 5) is 26.2. The van der Waals surface area contributed by atoms with E-state index in [2.05, 4.69) is 15.5 Å². The number of nitrogens with zero attached hydrogens (tertiary/aromatic N) is 5. The molecule has 36 heavy (non-hydrogen) atoms. The van der Waals surface area contributed by atoms with E-state index in [-0.39, 0.29) is 12.2 Å². The number of rotatable bonds is 4. The molecule has 0 spiro atoms. The minimum absolute atomic E-state index is 0.163. The molecule has 1 N–H and O–H groups in total. The fourth-order valence-corrected chi connectivity index (χ4v) is 3.94. The van der Waals surface area contributed by atoms with Gasteiger partial charge >= 0.3 is 12.2 Å². The van der Waals surface area contributed by atoms with E-state index in [1.807, 2.05) is 46.1 Å². The van der Waals surface area contributed by atoms with Crippen molar-refractivity contribution in [3.8, 4) is 17.0 Å². The van der Waals surface area contributed by atoms with Crippen LogP contribution in [0.2, 0.25) is 0 Å². The van der Waals surface area contributed by atoms with Crippen molar-refractivity contribution in [3.05, 3.63) is 30.6 Å². The maximum absolute atomic E-state index is 12.4. The summed E-state index contributed by atoms with van der Waals surface area (Å²) in [6.07, 6.45) is 3.13. The fourth-order valence-electron chi connectivity index (χ4n) is 3.94. The van der Waals surface area contributed by atoms with Gasteiger partial charge in [-0.15, -0.1) is 5.10 Å². The normalized spacial score (nSPS) is 16.3. The van der Waals surface area contributed by atoms with E-state index in [0.29, 0.717) is 31.1 Å². The monoisotopic (exact) mass is 498 g/mol. The molecule has 1 aliphatic rings. The van der Waals surface area contributed by atoms with Gasteiger partial charge in [-0.25, -0.2) is 14.1 Å². The summed E-state index contributed by atoms with van der Waals surface area (Å²) in [5.74, 6) is 1.01. The van der Waals surface area contributed by atoms with Crippen molar-refractivity contribution in [3.63, 3.8) is 0 Å². The van der Waals surface area contributed by atoms with Crippen molar-refractivity contribution in [2.45, 2.75) is 65.3 Å². The summed E-state index contributed by atoms with van der Waals surface area (Å²) in [6.45, 7) is 12.0. The van der Waals surface area contributed by atoms with Crippen LogP contribution >= 0.6 is 0 Å². The summed E-state index contributed by atoms with van der Waals surface area (Å²) in [6, 6.07) is 5.61. The summed E-state index contributed by atoms with van der Waals surface area (Å²) in [7, 11) is 1.85. The van der Waals surface area contributed by atoms with Gasteiger partial charge in [0.05, 0.1) is 18.3 Å². The Kier molecular flexibility index (Phi) is 6.59. The third kappa shape index (κ3) is 6.07. The van der Waals surface area contributed by atoms with E-state index in [9.17, 15) is 9.59 Å². The number of anilines is 1. The SMILES string of the molecule is Cn1ncc(OC2CCN(C(=O)OC(C)(C)C)C2)c1-c1ccn2nc(NC(=O)OC(C)(C)C)cc2c1. The molecule has 4 heterocycles. The first-order chi connectivity index (χ1) is 16.8. The average molecular weight is 499 g/mol. The molecule has 0 aliphatic carbocycles. The number of amides is 2. The number of likely N-dealkylation sites (tertiary alicyclic amines) is 1. The van der Waals surface area contributed by atoms with Gasteiger partial charge in [-0.3, -0.25) is 10.00 Å². The lowest BCUT2D eigenvalue weighted by atomic mass is 10.1. The lowest BCUT2D eigenvalue weighted by Gasteiger charge is -2.24. The highest BCUT2D eigenvalue weighted by Crippen LogP contribution is 2.32. The van der Waals surface area contributed by atoms with Crippen LogP contribution in [0.15, 0.2) is 30.6 Å². The topological polar surface area (TPSA) is 112 Å². The molecular formula is C25H34N6O5. The number of carbonyl (C=O) groups excluding carboxylic acids is 2. The number of hydrogen-bond acceptors (Lipinski definition) is 7. The molecule has 1 aliphatic heterocycles. The van der Waals surface area contributed by atoms with Gasteiger partial charge < -0.3 is 19.1 Å². The van der Waals surface area contributed by atoms with Gasteiger partial charge in [0.2, 0.25) is 0 Å². The Morgan fingerprint density at radius 2 is 1.81 bits per heavy atom. The van der Waals surface area contributed by atoms with Crippen LogP contribution in [0.4, 0.5) is 15.4 Å². The van der Waals surface area contributed by atoms with Crippen LogP contribution in [-0.2, 0) is 16.5 Å². The van der Waals surface area contributed by atoms with Crippen molar-refractivity contribution < 1.29 is 23.8 Å². The van der Waals surface area contributed by atoms with E-state index in [1.165, 1.54) is 0 Å². The molecule has 1 unspecified atom stereocenters. The van der Waals surface area contributed by atoms with Gasteiger partial charge in [-0.05, 0) is 53.7 Å². The molecule has 4 rings (SSSR count). The number of aryl methyl sites for hydroxylation is 1. The zero-order chi connectivity index (χ0) is 26.3. The third-order valence-corrected chi connectivity index (χ3v) is 5.36. The van der Waals surface area contributed by atoms with Crippen LogP contribution < -0.4 is 10.1 Å². The second kappa shape index (κ2) is 9.36. The molecule has 11 heteroatoms. The summed E-state index contributed by atoms with van der Waals surface area (Å²) < 4.78 is 20.5. The number of aromatic nitrogens is 4. The zero-order valence-electron chi connectivity index (χ0n) is 21.9. The van der Waals surface area contributed by atoms with Crippen LogP contribution in [0, 0.1) is 0 Å². The van der Waals surface area contributed by atoms with Gasteiger partial charge in [0.1, 0.15) is 23.0 Å². The molecule has 2 amide bonds. The predicted octanol–water partition coefficient (Wildman–Crippen LogP) is 4.47. The molecule has 1 saturated heterocycles. The molecule has 194 valence electrons. The molecule has 0 radical (unpaired) electrons. The van der Waals surface area contributed by atoms with Crippen LogP contribution in [0.5, 0.6) is 5.75 Å². The number of hydrogen-bond donors (Lipinski definition) is 1. The first-order valence-electron chi connectivity index (χ1n) is 11.9. The minimum Gasteiger partial charge on any atom is -0.485 e. The lowest BCUT2D eigenvalue weighted by Crippen LogP contribution is -2.36. The number of nitrogens with one attached hydrogen (secondary N) is 1. The van der Waals surface area contributed by atoms with Crippen molar-refractivity contribution in [2.24, 2.45) is 7.05 Å². The average Bonchev–Trinajstić information content (AvgIpc) is 3.43. The first-order valence-corrected chi connectivity index (χ1v) is 11.9. The molecule has 0 saturated carbocycles. The molecule has 3 aromatic rings.